The van der Waals surface area contributed by atoms with Crippen molar-refractivity contribution in [2.24, 2.45) is 0 Å². The Morgan fingerprint density at radius 2 is 1.80 bits per heavy atom. The molecule has 9 heteroatoms. The van der Waals surface area contributed by atoms with Crippen molar-refractivity contribution in [1.29, 1.82) is 5.41 Å². The smallest absolute Gasteiger partial charge is 0.308 e. The molecule has 1 aromatic carbocycles. The van der Waals surface area contributed by atoms with E-state index < -0.39 is 5.60 Å². The molecule has 1 aromatic heterocycles. The van der Waals surface area contributed by atoms with Gasteiger partial charge in [0.15, 0.2) is 0 Å². The van der Waals surface area contributed by atoms with Gasteiger partial charge in [-0.15, -0.1) is 11.8 Å². The molecule has 0 bridgehead atoms. The van der Waals surface area contributed by atoms with Crippen molar-refractivity contribution >= 4 is 45.5 Å². The number of esters is 1. The number of aromatic amines is 1. The topological polar surface area (TPSA) is 124 Å². The summed E-state index contributed by atoms with van der Waals surface area (Å²) >= 11 is 1.35. The molecule has 0 spiro atoms. The molecule has 0 unspecified atom stereocenters. The van der Waals surface area contributed by atoms with Gasteiger partial charge in [-0.25, -0.2) is 0 Å². The molecule has 1 heterocycles. The second-order valence-corrected chi connectivity index (χ2v) is 8.53. The van der Waals surface area contributed by atoms with Gasteiger partial charge in [-0.2, -0.15) is 0 Å². The van der Waals surface area contributed by atoms with E-state index in [1.54, 1.807) is 26.8 Å². The van der Waals surface area contributed by atoms with Crippen LogP contribution in [0.25, 0.3) is 10.9 Å². The normalized spacial score (nSPS) is 11.2. The number of ether oxygens (including phenoxy) is 1. The summed E-state index contributed by atoms with van der Waals surface area (Å²) < 4.78 is 5.17. The highest BCUT2D eigenvalue weighted by Crippen LogP contribution is 2.19. The van der Waals surface area contributed by atoms with Gasteiger partial charge in [-0.05, 0) is 45.2 Å². The molecular formula is C21H28N4O4S. The number of H-pyrrole nitrogens is 1. The maximum absolute atomic E-state index is 12.3. The molecule has 2 aromatic rings. The Labute approximate surface area is 180 Å². The highest BCUT2D eigenvalue weighted by molar-refractivity contribution is 8.13. The molecular weight excluding hydrogens is 404 g/mol. The largest absolute Gasteiger partial charge is 0.460 e. The van der Waals surface area contributed by atoms with Crippen molar-refractivity contribution in [3.63, 3.8) is 0 Å². The summed E-state index contributed by atoms with van der Waals surface area (Å²) in [6, 6.07) is 7.26. The van der Waals surface area contributed by atoms with E-state index in [0.717, 1.165) is 16.5 Å². The fourth-order valence-corrected chi connectivity index (χ4v) is 3.05. The van der Waals surface area contributed by atoms with Crippen molar-refractivity contribution in [1.82, 2.24) is 15.6 Å². The molecule has 0 aliphatic rings. The second-order valence-electron chi connectivity index (χ2n) is 7.71. The van der Waals surface area contributed by atoms with E-state index in [2.05, 4.69) is 15.6 Å². The van der Waals surface area contributed by atoms with Gasteiger partial charge in [0.05, 0.1) is 11.5 Å². The predicted molar refractivity (Wildman–Crippen MR) is 119 cm³/mol. The summed E-state index contributed by atoms with van der Waals surface area (Å²) in [5, 5.41) is 14.5. The van der Waals surface area contributed by atoms with Gasteiger partial charge in [-0.3, -0.25) is 19.8 Å². The van der Waals surface area contributed by atoms with Crippen molar-refractivity contribution in [3.8, 4) is 0 Å². The number of hydrogen-bond acceptors (Lipinski definition) is 6. The van der Waals surface area contributed by atoms with Crippen LogP contribution in [-0.4, -0.2) is 52.8 Å². The Morgan fingerprint density at radius 3 is 2.47 bits per heavy atom. The number of hydrogen-bond donors (Lipinski definition) is 4. The molecule has 2 rings (SSSR count). The van der Waals surface area contributed by atoms with Gasteiger partial charge in [0.25, 0.3) is 5.91 Å². The zero-order valence-electron chi connectivity index (χ0n) is 17.7. The van der Waals surface area contributed by atoms with E-state index >= 15 is 0 Å². The molecule has 0 saturated carbocycles. The van der Waals surface area contributed by atoms with E-state index in [1.807, 2.05) is 24.5 Å². The Hall–Kier alpha value is -2.81. The molecule has 4 N–H and O–H groups in total. The summed E-state index contributed by atoms with van der Waals surface area (Å²) in [6.07, 6.45) is 2.05. The third-order valence-electron chi connectivity index (χ3n) is 4.04. The molecule has 0 aliphatic heterocycles. The predicted octanol–water partition coefficient (Wildman–Crippen LogP) is 2.82. The Morgan fingerprint density at radius 1 is 1.10 bits per heavy atom. The van der Waals surface area contributed by atoms with Crippen LogP contribution in [0.4, 0.5) is 0 Å². The molecule has 162 valence electrons. The van der Waals surface area contributed by atoms with Crippen LogP contribution in [0.2, 0.25) is 0 Å². The lowest BCUT2D eigenvalue weighted by atomic mass is 10.1. The maximum Gasteiger partial charge on any atom is 0.308 e. The molecule has 0 radical (unpaired) electrons. The molecule has 2 amide bonds. The average molecular weight is 433 g/mol. The number of amides is 2. The van der Waals surface area contributed by atoms with E-state index in [1.165, 1.54) is 11.8 Å². The number of carbonyl (C=O) groups is 3. The summed E-state index contributed by atoms with van der Waals surface area (Å²) in [4.78, 5) is 38.8. The van der Waals surface area contributed by atoms with E-state index in [0.29, 0.717) is 10.7 Å². The monoisotopic (exact) mass is 432 g/mol. The molecule has 30 heavy (non-hydrogen) atoms. The third-order valence-corrected chi connectivity index (χ3v) is 4.68. The minimum Gasteiger partial charge on any atom is -0.460 e. The van der Waals surface area contributed by atoms with Gasteiger partial charge in [0.1, 0.15) is 11.3 Å². The highest BCUT2D eigenvalue weighted by Gasteiger charge is 2.16. The van der Waals surface area contributed by atoms with Gasteiger partial charge in [0.2, 0.25) is 5.91 Å². The fraction of sp³-hybridized carbons (Fsp3) is 0.429. The lowest BCUT2D eigenvalue weighted by molar-refractivity contribution is -0.154. The standard InChI is InChI=1S/C21H28N4O4S/c1-21(2,3)29-18(27)8-10-23-17(26)7-9-24-20(28)16-12-14-11-13(19(22)30-4)5-6-15(14)25-16/h5-6,11-12,22,25H,7-10H2,1-4H3,(H,23,26)(H,24,28). The number of fused-ring (bicyclic) bond motifs is 1. The number of rotatable bonds is 8. The number of nitrogens with one attached hydrogen (secondary N) is 4. The zero-order chi connectivity index (χ0) is 22.3. The molecule has 0 saturated heterocycles. The maximum atomic E-state index is 12.3. The van der Waals surface area contributed by atoms with E-state index in [4.69, 9.17) is 10.1 Å². The summed E-state index contributed by atoms with van der Waals surface area (Å²) in [5.41, 5.74) is 1.44. The molecule has 8 nitrogen and oxygen atoms in total. The summed E-state index contributed by atoms with van der Waals surface area (Å²) in [5.74, 6) is -0.935. The SMILES string of the molecule is CSC(=N)c1ccc2[nH]c(C(=O)NCCC(=O)NCCC(=O)OC(C)(C)C)cc2c1. The van der Waals surface area contributed by atoms with Crippen molar-refractivity contribution in [3.05, 3.63) is 35.5 Å². The van der Waals surface area contributed by atoms with Crippen LogP contribution in [0.5, 0.6) is 0 Å². The first-order valence-electron chi connectivity index (χ1n) is 9.61. The second kappa shape index (κ2) is 10.3. The van der Waals surface area contributed by atoms with Crippen molar-refractivity contribution in [2.75, 3.05) is 19.3 Å². The quantitative estimate of drug-likeness (QED) is 0.290. The van der Waals surface area contributed by atoms with Gasteiger partial charge in [-0.1, -0.05) is 6.07 Å². The first-order chi connectivity index (χ1) is 14.1. The number of benzene rings is 1. The fourth-order valence-electron chi connectivity index (χ4n) is 2.68. The minimum absolute atomic E-state index is 0.0976. The summed E-state index contributed by atoms with van der Waals surface area (Å²) in [6.45, 7) is 5.72. The average Bonchev–Trinajstić information content (AvgIpc) is 3.09. The Balaban J connectivity index is 1.77. The van der Waals surface area contributed by atoms with E-state index in [-0.39, 0.29) is 43.7 Å². The first kappa shape index (κ1) is 23.5. The molecule has 0 aliphatic carbocycles. The van der Waals surface area contributed by atoms with Gasteiger partial charge in [0, 0.05) is 36.0 Å². The lowest BCUT2D eigenvalue weighted by Crippen LogP contribution is -2.32. The number of aromatic nitrogens is 1. The summed E-state index contributed by atoms with van der Waals surface area (Å²) in [7, 11) is 0. The van der Waals surface area contributed by atoms with Crippen LogP contribution in [0.3, 0.4) is 0 Å². The van der Waals surface area contributed by atoms with E-state index in [9.17, 15) is 14.4 Å². The van der Waals surface area contributed by atoms with Crippen LogP contribution in [0.15, 0.2) is 24.3 Å². The minimum atomic E-state index is -0.549. The lowest BCUT2D eigenvalue weighted by Gasteiger charge is -2.19. The van der Waals surface area contributed by atoms with Crippen LogP contribution < -0.4 is 10.6 Å². The van der Waals surface area contributed by atoms with Gasteiger partial charge >= 0.3 is 5.97 Å². The number of carbonyl (C=O) groups excluding carboxylic acids is 3. The zero-order valence-corrected chi connectivity index (χ0v) is 18.5. The van der Waals surface area contributed by atoms with Crippen LogP contribution in [0, 0.1) is 5.41 Å². The van der Waals surface area contributed by atoms with Crippen LogP contribution in [0.1, 0.15) is 49.7 Å². The van der Waals surface area contributed by atoms with Crippen LogP contribution >= 0.6 is 11.8 Å². The van der Waals surface area contributed by atoms with Crippen molar-refractivity contribution in [2.45, 2.75) is 39.2 Å². The first-order valence-corrected chi connectivity index (χ1v) is 10.8. The third kappa shape index (κ3) is 7.22. The molecule has 0 fully saturated rings. The van der Waals surface area contributed by atoms with Gasteiger partial charge < -0.3 is 20.4 Å². The Kier molecular flexibility index (Phi) is 8.05. The molecule has 0 atom stereocenters. The number of thioether (sulfide) groups is 1. The highest BCUT2D eigenvalue weighted by atomic mass is 32.2. The van der Waals surface area contributed by atoms with Crippen molar-refractivity contribution < 1.29 is 19.1 Å². The Bertz CT molecular complexity index is 946. The van der Waals surface area contributed by atoms with Crippen LogP contribution in [-0.2, 0) is 14.3 Å².